The third-order valence-electron chi connectivity index (χ3n) is 2.88. The van der Waals surface area contributed by atoms with Crippen LogP contribution in [0.1, 0.15) is 6.42 Å². The van der Waals surface area contributed by atoms with Gasteiger partial charge in [0.05, 0.1) is 11.6 Å². The van der Waals surface area contributed by atoms with Gasteiger partial charge >= 0.3 is 0 Å². The quantitative estimate of drug-likeness (QED) is 0.867. The van der Waals surface area contributed by atoms with Gasteiger partial charge < -0.3 is 9.84 Å². The van der Waals surface area contributed by atoms with Crippen LogP contribution in [0.3, 0.4) is 0 Å². The SMILES string of the molecule is O=S(=O)(NCC1(O)CCOC1)c1cccc(Cl)c1F. The Morgan fingerprint density at radius 3 is 2.89 bits per heavy atom. The highest BCUT2D eigenvalue weighted by Crippen LogP contribution is 2.23. The van der Waals surface area contributed by atoms with Crippen LogP contribution in [0, 0.1) is 5.82 Å². The number of nitrogens with one attached hydrogen (secondary N) is 1. The number of rotatable bonds is 4. The van der Waals surface area contributed by atoms with Crippen LogP contribution in [0.15, 0.2) is 23.1 Å². The fourth-order valence-corrected chi connectivity index (χ4v) is 3.18. The Hall–Kier alpha value is -0.730. The van der Waals surface area contributed by atoms with Crippen molar-refractivity contribution < 1.29 is 22.7 Å². The van der Waals surface area contributed by atoms with E-state index < -0.39 is 26.3 Å². The number of hydrogen-bond acceptors (Lipinski definition) is 4. The summed E-state index contributed by atoms with van der Waals surface area (Å²) in [6.07, 6.45) is 0.327. The van der Waals surface area contributed by atoms with Gasteiger partial charge in [-0.05, 0) is 12.1 Å². The zero-order valence-corrected chi connectivity index (χ0v) is 11.5. The van der Waals surface area contributed by atoms with Gasteiger partial charge in [-0.25, -0.2) is 17.5 Å². The lowest BCUT2D eigenvalue weighted by Crippen LogP contribution is -2.43. The van der Waals surface area contributed by atoms with Gasteiger partial charge in [0.1, 0.15) is 10.5 Å². The van der Waals surface area contributed by atoms with Crippen LogP contribution in [0.4, 0.5) is 4.39 Å². The second-order valence-corrected chi connectivity index (χ2v) is 6.55. The smallest absolute Gasteiger partial charge is 0.243 e. The Balaban J connectivity index is 2.16. The molecular formula is C11H13ClFNO4S. The molecule has 106 valence electrons. The molecule has 2 rings (SSSR count). The number of ether oxygens (including phenoxy) is 1. The molecule has 0 aromatic heterocycles. The molecule has 0 radical (unpaired) electrons. The lowest BCUT2D eigenvalue weighted by Gasteiger charge is -2.20. The first kappa shape index (κ1) is 14.7. The van der Waals surface area contributed by atoms with E-state index in [1.165, 1.54) is 12.1 Å². The molecule has 0 amide bonds. The van der Waals surface area contributed by atoms with E-state index in [4.69, 9.17) is 16.3 Å². The van der Waals surface area contributed by atoms with E-state index in [2.05, 4.69) is 4.72 Å². The number of halogens is 2. The topological polar surface area (TPSA) is 75.6 Å². The van der Waals surface area contributed by atoms with Crippen LogP contribution in [0.5, 0.6) is 0 Å². The Labute approximate surface area is 115 Å². The molecule has 1 aromatic carbocycles. The van der Waals surface area contributed by atoms with E-state index in [-0.39, 0.29) is 18.2 Å². The number of hydrogen-bond donors (Lipinski definition) is 2. The molecule has 1 heterocycles. The van der Waals surface area contributed by atoms with E-state index in [0.29, 0.717) is 13.0 Å². The third kappa shape index (κ3) is 3.24. The molecule has 2 N–H and O–H groups in total. The maximum atomic E-state index is 13.7. The fourth-order valence-electron chi connectivity index (χ4n) is 1.73. The summed E-state index contributed by atoms with van der Waals surface area (Å²) >= 11 is 5.54. The molecule has 1 aliphatic heterocycles. The maximum absolute atomic E-state index is 13.7. The normalized spacial score (nSPS) is 23.7. The number of benzene rings is 1. The average Bonchev–Trinajstić information content (AvgIpc) is 2.78. The van der Waals surface area contributed by atoms with Crippen molar-refractivity contribution in [1.29, 1.82) is 0 Å². The van der Waals surface area contributed by atoms with Gasteiger partial charge in [0.15, 0.2) is 5.82 Å². The van der Waals surface area contributed by atoms with Crippen molar-refractivity contribution in [3.8, 4) is 0 Å². The van der Waals surface area contributed by atoms with Crippen molar-refractivity contribution in [2.45, 2.75) is 16.9 Å². The molecule has 0 bridgehead atoms. The van der Waals surface area contributed by atoms with E-state index in [1.807, 2.05) is 0 Å². The standard InChI is InChI=1S/C11H13ClFNO4S/c12-8-2-1-3-9(10(8)13)19(16,17)14-6-11(15)4-5-18-7-11/h1-3,14-15H,4-7H2. The predicted octanol–water partition coefficient (Wildman–Crippen LogP) is 0.909. The molecule has 0 aliphatic carbocycles. The Morgan fingerprint density at radius 1 is 1.53 bits per heavy atom. The summed E-state index contributed by atoms with van der Waals surface area (Å²) in [6.45, 7) is 0.179. The first-order valence-corrected chi connectivity index (χ1v) is 7.44. The van der Waals surface area contributed by atoms with Crippen LogP contribution in [0.25, 0.3) is 0 Å². The van der Waals surface area contributed by atoms with Crippen molar-refractivity contribution in [3.05, 3.63) is 29.0 Å². The maximum Gasteiger partial charge on any atom is 0.243 e. The second-order valence-electron chi connectivity index (χ2n) is 4.40. The summed E-state index contributed by atoms with van der Waals surface area (Å²) in [7, 11) is -4.06. The molecule has 1 aromatic rings. The van der Waals surface area contributed by atoms with Gasteiger partial charge in [-0.2, -0.15) is 0 Å². The van der Waals surface area contributed by atoms with Gasteiger partial charge in [0, 0.05) is 19.6 Å². The molecule has 1 aliphatic rings. The zero-order valence-electron chi connectivity index (χ0n) is 9.90. The molecule has 1 unspecified atom stereocenters. The average molecular weight is 310 g/mol. The van der Waals surface area contributed by atoms with Crippen LogP contribution < -0.4 is 4.72 Å². The summed E-state index contributed by atoms with van der Waals surface area (Å²) in [4.78, 5) is -0.539. The number of sulfonamides is 1. The van der Waals surface area contributed by atoms with Gasteiger partial charge in [-0.1, -0.05) is 17.7 Å². The van der Waals surface area contributed by atoms with Crippen molar-refractivity contribution >= 4 is 21.6 Å². The van der Waals surface area contributed by atoms with Gasteiger partial charge in [-0.3, -0.25) is 0 Å². The summed E-state index contributed by atoms with van der Waals surface area (Å²) in [6, 6.07) is 3.71. The van der Waals surface area contributed by atoms with Crippen LogP contribution in [0.2, 0.25) is 5.02 Å². The predicted molar refractivity (Wildman–Crippen MR) is 67.0 cm³/mol. The Kier molecular flexibility index (Phi) is 4.12. The molecule has 8 heteroatoms. The summed E-state index contributed by atoms with van der Waals surface area (Å²) in [5.41, 5.74) is -1.25. The Bertz CT molecular complexity index is 572. The summed E-state index contributed by atoms with van der Waals surface area (Å²) in [5.74, 6) is -1.01. The van der Waals surface area contributed by atoms with Gasteiger partial charge in [0.25, 0.3) is 0 Å². The van der Waals surface area contributed by atoms with E-state index >= 15 is 0 Å². The van der Waals surface area contributed by atoms with E-state index in [9.17, 15) is 17.9 Å². The van der Waals surface area contributed by atoms with Crippen molar-refractivity contribution in [3.63, 3.8) is 0 Å². The molecule has 19 heavy (non-hydrogen) atoms. The van der Waals surface area contributed by atoms with Crippen LogP contribution >= 0.6 is 11.6 Å². The fraction of sp³-hybridized carbons (Fsp3) is 0.455. The highest BCUT2D eigenvalue weighted by Gasteiger charge is 2.34. The summed E-state index contributed by atoms with van der Waals surface area (Å²) in [5, 5.41) is 9.68. The monoisotopic (exact) mass is 309 g/mol. The minimum Gasteiger partial charge on any atom is -0.386 e. The zero-order chi connectivity index (χ0) is 14.1. The van der Waals surface area contributed by atoms with Crippen LogP contribution in [-0.2, 0) is 14.8 Å². The first-order valence-electron chi connectivity index (χ1n) is 5.58. The molecule has 0 saturated carbocycles. The lowest BCUT2D eigenvalue weighted by molar-refractivity contribution is 0.0314. The molecule has 0 spiro atoms. The van der Waals surface area contributed by atoms with E-state index in [0.717, 1.165) is 6.07 Å². The first-order chi connectivity index (χ1) is 8.84. The molecular weight excluding hydrogens is 297 g/mol. The summed E-state index contributed by atoms with van der Waals surface area (Å²) < 4.78 is 44.7. The highest BCUT2D eigenvalue weighted by atomic mass is 35.5. The second kappa shape index (κ2) is 5.34. The van der Waals surface area contributed by atoms with Crippen molar-refractivity contribution in [2.75, 3.05) is 19.8 Å². The molecule has 1 fully saturated rings. The number of aliphatic hydroxyl groups is 1. The lowest BCUT2D eigenvalue weighted by atomic mass is 10.1. The van der Waals surface area contributed by atoms with Gasteiger partial charge in [0.2, 0.25) is 10.0 Å². The molecule has 5 nitrogen and oxygen atoms in total. The highest BCUT2D eigenvalue weighted by molar-refractivity contribution is 7.89. The molecule has 1 atom stereocenters. The van der Waals surface area contributed by atoms with Gasteiger partial charge in [-0.15, -0.1) is 0 Å². The van der Waals surface area contributed by atoms with E-state index in [1.54, 1.807) is 0 Å². The van der Waals surface area contributed by atoms with Crippen molar-refractivity contribution in [2.24, 2.45) is 0 Å². The third-order valence-corrected chi connectivity index (χ3v) is 4.59. The minimum atomic E-state index is -4.06. The molecule has 1 saturated heterocycles. The largest absolute Gasteiger partial charge is 0.386 e. The van der Waals surface area contributed by atoms with Crippen LogP contribution in [-0.4, -0.2) is 38.9 Å². The Morgan fingerprint density at radius 2 is 2.26 bits per heavy atom. The van der Waals surface area contributed by atoms with Crippen molar-refractivity contribution in [1.82, 2.24) is 4.72 Å². The minimum absolute atomic E-state index is 0.0492.